The molecule has 0 aliphatic carbocycles. The Balaban J connectivity index is 2.03. The van der Waals surface area contributed by atoms with Crippen molar-refractivity contribution in [2.75, 3.05) is 14.2 Å². The Bertz CT molecular complexity index is 796. The molecule has 2 aromatic carbocycles. The van der Waals surface area contributed by atoms with Crippen LogP contribution in [0.4, 0.5) is 0 Å². The molecular weight excluding hydrogens is 324 g/mol. The van der Waals surface area contributed by atoms with Crippen molar-refractivity contribution in [3.8, 4) is 17.2 Å². The fourth-order valence-corrected chi connectivity index (χ4v) is 2.75. The predicted molar refractivity (Wildman–Crippen MR) is 89.2 cm³/mol. The Morgan fingerprint density at radius 1 is 1.00 bits per heavy atom. The van der Waals surface area contributed by atoms with Gasteiger partial charge in [-0.3, -0.25) is 9.59 Å². The number of benzene rings is 2. The molecule has 0 amide bonds. The molecule has 1 aliphatic heterocycles. The van der Waals surface area contributed by atoms with E-state index in [1.807, 2.05) is 0 Å². The molecule has 0 fully saturated rings. The largest absolute Gasteiger partial charge is 0.497 e. The lowest BCUT2D eigenvalue weighted by Gasteiger charge is -2.32. The number of carbonyl (C=O) groups excluding carboxylic acids is 2. The van der Waals surface area contributed by atoms with E-state index < -0.39 is 18.2 Å². The third-order valence-corrected chi connectivity index (χ3v) is 3.98. The second kappa shape index (κ2) is 6.84. The van der Waals surface area contributed by atoms with E-state index in [0.717, 1.165) is 0 Å². The zero-order valence-corrected chi connectivity index (χ0v) is 14.1. The molecule has 130 valence electrons. The quantitative estimate of drug-likeness (QED) is 0.796. The van der Waals surface area contributed by atoms with Crippen LogP contribution in [-0.4, -0.2) is 32.1 Å². The molecule has 0 bridgehead atoms. The maximum atomic E-state index is 12.8. The minimum atomic E-state index is -1.05. The molecule has 0 saturated heterocycles. The zero-order valence-electron chi connectivity index (χ0n) is 14.1. The van der Waals surface area contributed by atoms with Gasteiger partial charge in [0.15, 0.2) is 6.10 Å². The minimum Gasteiger partial charge on any atom is -0.497 e. The zero-order chi connectivity index (χ0) is 18.0. The SMILES string of the molecule is COc1ccc([C@H]2Oc3cc(OC)ccc3C(=O)[C@@H]2OC(C)=O)cc1. The molecule has 2 atom stereocenters. The molecule has 0 unspecified atom stereocenters. The number of ketones is 1. The normalized spacial score (nSPS) is 18.8. The van der Waals surface area contributed by atoms with Gasteiger partial charge in [0, 0.05) is 13.0 Å². The first kappa shape index (κ1) is 16.8. The first-order chi connectivity index (χ1) is 12.0. The highest BCUT2D eigenvalue weighted by molar-refractivity contribution is 6.04. The van der Waals surface area contributed by atoms with Crippen LogP contribution >= 0.6 is 0 Å². The molecule has 6 nitrogen and oxygen atoms in total. The molecular formula is C19H18O6. The van der Waals surface area contributed by atoms with Crippen molar-refractivity contribution in [2.45, 2.75) is 19.1 Å². The fourth-order valence-electron chi connectivity index (χ4n) is 2.75. The summed E-state index contributed by atoms with van der Waals surface area (Å²) in [6.07, 6.45) is -1.80. The van der Waals surface area contributed by atoms with Gasteiger partial charge in [-0.15, -0.1) is 0 Å². The number of hydrogen-bond acceptors (Lipinski definition) is 6. The summed E-state index contributed by atoms with van der Waals surface area (Å²) in [5.74, 6) is 0.800. The number of rotatable bonds is 4. The molecule has 1 heterocycles. The monoisotopic (exact) mass is 342 g/mol. The summed E-state index contributed by atoms with van der Waals surface area (Å²) in [7, 11) is 3.11. The Morgan fingerprint density at radius 3 is 2.24 bits per heavy atom. The molecule has 0 spiro atoms. The van der Waals surface area contributed by atoms with E-state index in [1.54, 1.807) is 49.6 Å². The highest BCUT2D eigenvalue weighted by atomic mass is 16.6. The lowest BCUT2D eigenvalue weighted by molar-refractivity contribution is -0.148. The van der Waals surface area contributed by atoms with Crippen LogP contribution in [0.25, 0.3) is 0 Å². The molecule has 25 heavy (non-hydrogen) atoms. The molecule has 0 N–H and O–H groups in total. The molecule has 0 aromatic heterocycles. The van der Waals surface area contributed by atoms with Gasteiger partial charge in [-0.2, -0.15) is 0 Å². The van der Waals surface area contributed by atoms with Crippen LogP contribution in [-0.2, 0) is 9.53 Å². The number of hydrogen-bond donors (Lipinski definition) is 0. The van der Waals surface area contributed by atoms with Gasteiger partial charge in [0.2, 0.25) is 11.9 Å². The van der Waals surface area contributed by atoms with E-state index in [4.69, 9.17) is 18.9 Å². The van der Waals surface area contributed by atoms with Crippen molar-refractivity contribution < 1.29 is 28.5 Å². The Labute approximate surface area is 145 Å². The van der Waals surface area contributed by atoms with E-state index in [1.165, 1.54) is 14.0 Å². The standard InChI is InChI=1S/C19H18O6/c1-11(20)24-19-17(21)15-9-8-14(23-3)10-16(15)25-18(19)12-4-6-13(22-2)7-5-12/h4-10,18-19H,1-3H3/t18-,19+/m1/s1. The van der Waals surface area contributed by atoms with Crippen LogP contribution in [0.1, 0.15) is 28.9 Å². The average molecular weight is 342 g/mol. The van der Waals surface area contributed by atoms with Crippen LogP contribution in [0.15, 0.2) is 42.5 Å². The summed E-state index contributed by atoms with van der Waals surface area (Å²) in [5.41, 5.74) is 1.06. The smallest absolute Gasteiger partial charge is 0.303 e. The Morgan fingerprint density at radius 2 is 1.64 bits per heavy atom. The van der Waals surface area contributed by atoms with Crippen molar-refractivity contribution in [3.63, 3.8) is 0 Å². The van der Waals surface area contributed by atoms with Gasteiger partial charge in [-0.05, 0) is 29.8 Å². The highest BCUT2D eigenvalue weighted by Gasteiger charge is 2.40. The minimum absolute atomic E-state index is 0.306. The Kier molecular flexibility index (Phi) is 4.61. The van der Waals surface area contributed by atoms with Gasteiger partial charge < -0.3 is 18.9 Å². The summed E-state index contributed by atoms with van der Waals surface area (Å²) in [6, 6.07) is 12.0. The Hall–Kier alpha value is -3.02. The maximum absolute atomic E-state index is 12.8. The highest BCUT2D eigenvalue weighted by Crippen LogP contribution is 2.38. The lowest BCUT2D eigenvalue weighted by Crippen LogP contribution is -2.39. The molecule has 0 saturated carbocycles. The van der Waals surface area contributed by atoms with E-state index in [-0.39, 0.29) is 5.78 Å². The topological polar surface area (TPSA) is 71.1 Å². The van der Waals surface area contributed by atoms with Gasteiger partial charge in [0.25, 0.3) is 0 Å². The maximum Gasteiger partial charge on any atom is 0.303 e. The third-order valence-electron chi connectivity index (χ3n) is 3.98. The van der Waals surface area contributed by atoms with Crippen molar-refractivity contribution in [1.82, 2.24) is 0 Å². The van der Waals surface area contributed by atoms with Crippen LogP contribution < -0.4 is 14.2 Å². The first-order valence-corrected chi connectivity index (χ1v) is 7.73. The van der Waals surface area contributed by atoms with E-state index in [2.05, 4.69) is 0 Å². The summed E-state index contributed by atoms with van der Waals surface area (Å²) in [4.78, 5) is 24.3. The van der Waals surface area contributed by atoms with Crippen molar-refractivity contribution in [3.05, 3.63) is 53.6 Å². The van der Waals surface area contributed by atoms with Crippen molar-refractivity contribution >= 4 is 11.8 Å². The van der Waals surface area contributed by atoms with Crippen LogP contribution in [0.5, 0.6) is 17.2 Å². The van der Waals surface area contributed by atoms with Crippen LogP contribution in [0.3, 0.4) is 0 Å². The number of ether oxygens (including phenoxy) is 4. The average Bonchev–Trinajstić information content (AvgIpc) is 2.63. The van der Waals surface area contributed by atoms with Crippen LogP contribution in [0, 0.1) is 0 Å². The molecule has 3 rings (SSSR count). The number of carbonyl (C=O) groups is 2. The van der Waals surface area contributed by atoms with Gasteiger partial charge >= 0.3 is 5.97 Å². The first-order valence-electron chi connectivity index (χ1n) is 7.73. The van der Waals surface area contributed by atoms with Gasteiger partial charge in [-0.25, -0.2) is 0 Å². The van der Waals surface area contributed by atoms with Crippen LogP contribution in [0.2, 0.25) is 0 Å². The molecule has 1 aliphatic rings. The second-order valence-corrected chi connectivity index (χ2v) is 5.57. The number of fused-ring (bicyclic) bond motifs is 1. The number of Topliss-reactive ketones (excluding diaryl/α,β-unsaturated/α-hetero) is 1. The van der Waals surface area contributed by atoms with E-state index in [0.29, 0.717) is 28.4 Å². The second-order valence-electron chi connectivity index (χ2n) is 5.57. The third kappa shape index (κ3) is 3.28. The summed E-state index contributed by atoms with van der Waals surface area (Å²) in [5, 5.41) is 0. The van der Waals surface area contributed by atoms with Crippen molar-refractivity contribution in [2.24, 2.45) is 0 Å². The van der Waals surface area contributed by atoms with Crippen molar-refractivity contribution in [1.29, 1.82) is 0 Å². The number of methoxy groups -OCH3 is 2. The summed E-state index contributed by atoms with van der Waals surface area (Å²) < 4.78 is 21.6. The number of esters is 1. The molecule has 6 heteroatoms. The van der Waals surface area contributed by atoms with Gasteiger partial charge in [0.05, 0.1) is 19.8 Å². The van der Waals surface area contributed by atoms with E-state index >= 15 is 0 Å². The summed E-state index contributed by atoms with van der Waals surface area (Å²) in [6.45, 7) is 1.27. The summed E-state index contributed by atoms with van der Waals surface area (Å²) >= 11 is 0. The lowest BCUT2D eigenvalue weighted by atomic mass is 9.93. The van der Waals surface area contributed by atoms with Gasteiger partial charge in [0.1, 0.15) is 17.2 Å². The van der Waals surface area contributed by atoms with Gasteiger partial charge in [-0.1, -0.05) is 12.1 Å². The molecule has 2 aromatic rings. The van der Waals surface area contributed by atoms with E-state index in [9.17, 15) is 9.59 Å². The predicted octanol–water partition coefficient (Wildman–Crippen LogP) is 2.95. The molecule has 0 radical (unpaired) electrons. The fraction of sp³-hybridized carbons (Fsp3) is 0.263.